The summed E-state index contributed by atoms with van der Waals surface area (Å²) in [7, 11) is 0. The van der Waals surface area contributed by atoms with E-state index in [2.05, 4.69) is 4.98 Å². The van der Waals surface area contributed by atoms with Gasteiger partial charge in [-0.25, -0.2) is 9.78 Å². The first-order valence-electron chi connectivity index (χ1n) is 6.43. The number of aromatic nitrogens is 1. The van der Waals surface area contributed by atoms with Crippen molar-refractivity contribution in [3.63, 3.8) is 0 Å². The standard InChI is InChI=1S/C15H13NO4S/c17-15(18)12-7-11(5-6-16-12)21-9-10-8-19-13-3-1-2-4-14(13)20-10/h1-7,10H,8-9H2,(H,17,18). The molecule has 5 nitrogen and oxygen atoms in total. The highest BCUT2D eigenvalue weighted by Crippen LogP contribution is 2.32. The van der Waals surface area contributed by atoms with Gasteiger partial charge >= 0.3 is 5.97 Å². The number of hydrogen-bond acceptors (Lipinski definition) is 5. The number of thioether (sulfide) groups is 1. The van der Waals surface area contributed by atoms with Crippen LogP contribution in [0.3, 0.4) is 0 Å². The Labute approximate surface area is 125 Å². The first-order chi connectivity index (χ1) is 10.2. The lowest BCUT2D eigenvalue weighted by Gasteiger charge is -2.26. The van der Waals surface area contributed by atoms with Gasteiger partial charge in [0, 0.05) is 16.8 Å². The van der Waals surface area contributed by atoms with Crippen LogP contribution in [0.25, 0.3) is 0 Å². The van der Waals surface area contributed by atoms with Crippen molar-refractivity contribution < 1.29 is 19.4 Å². The van der Waals surface area contributed by atoms with Crippen LogP contribution in [-0.4, -0.2) is 34.5 Å². The zero-order valence-corrected chi connectivity index (χ0v) is 11.9. The summed E-state index contributed by atoms with van der Waals surface area (Å²) in [6, 6.07) is 10.9. The van der Waals surface area contributed by atoms with Crippen LogP contribution in [0.5, 0.6) is 11.5 Å². The predicted molar refractivity (Wildman–Crippen MR) is 78.3 cm³/mol. The maximum Gasteiger partial charge on any atom is 0.354 e. The largest absolute Gasteiger partial charge is 0.486 e. The third-order valence-corrected chi connectivity index (χ3v) is 4.08. The van der Waals surface area contributed by atoms with Crippen molar-refractivity contribution in [2.75, 3.05) is 12.4 Å². The van der Waals surface area contributed by atoms with Crippen molar-refractivity contribution >= 4 is 17.7 Å². The molecule has 21 heavy (non-hydrogen) atoms. The number of para-hydroxylation sites is 2. The molecule has 6 heteroatoms. The summed E-state index contributed by atoms with van der Waals surface area (Å²) in [6.45, 7) is 0.487. The predicted octanol–water partition coefficient (Wildman–Crippen LogP) is 2.71. The molecule has 0 saturated carbocycles. The molecule has 1 aliphatic heterocycles. The molecular formula is C15H13NO4S. The van der Waals surface area contributed by atoms with Gasteiger partial charge in [-0.2, -0.15) is 0 Å². The molecule has 2 aromatic rings. The highest BCUT2D eigenvalue weighted by Gasteiger charge is 2.20. The zero-order valence-electron chi connectivity index (χ0n) is 11.1. The van der Waals surface area contributed by atoms with Gasteiger partial charge in [0.05, 0.1) is 0 Å². The average molecular weight is 303 g/mol. The molecular weight excluding hydrogens is 290 g/mol. The summed E-state index contributed by atoms with van der Waals surface area (Å²) < 4.78 is 11.5. The van der Waals surface area contributed by atoms with Crippen molar-refractivity contribution in [1.82, 2.24) is 4.98 Å². The Kier molecular flexibility index (Phi) is 3.96. The molecule has 1 unspecified atom stereocenters. The van der Waals surface area contributed by atoms with Gasteiger partial charge < -0.3 is 14.6 Å². The SMILES string of the molecule is O=C(O)c1cc(SCC2COc3ccccc3O2)ccn1. The Morgan fingerprint density at radius 3 is 2.95 bits per heavy atom. The number of hydrogen-bond donors (Lipinski definition) is 1. The van der Waals surface area contributed by atoms with Gasteiger partial charge in [-0.3, -0.25) is 0 Å². The van der Waals surface area contributed by atoms with Gasteiger partial charge in [0.15, 0.2) is 11.5 Å². The van der Waals surface area contributed by atoms with Gasteiger partial charge in [0.1, 0.15) is 18.4 Å². The highest BCUT2D eigenvalue weighted by molar-refractivity contribution is 7.99. The molecule has 0 bridgehead atoms. The maximum absolute atomic E-state index is 10.9. The fourth-order valence-corrected chi connectivity index (χ4v) is 2.85. The van der Waals surface area contributed by atoms with Gasteiger partial charge in [0.2, 0.25) is 0 Å². The fourth-order valence-electron chi connectivity index (χ4n) is 1.95. The van der Waals surface area contributed by atoms with Crippen LogP contribution in [0.15, 0.2) is 47.5 Å². The zero-order chi connectivity index (χ0) is 14.7. The van der Waals surface area contributed by atoms with Crippen molar-refractivity contribution in [3.05, 3.63) is 48.3 Å². The number of rotatable bonds is 4. The van der Waals surface area contributed by atoms with Crippen LogP contribution in [0.2, 0.25) is 0 Å². The van der Waals surface area contributed by atoms with Crippen LogP contribution in [0, 0.1) is 0 Å². The Bertz CT molecular complexity index is 662. The molecule has 3 rings (SSSR count). The van der Waals surface area contributed by atoms with E-state index in [1.807, 2.05) is 24.3 Å². The lowest BCUT2D eigenvalue weighted by Crippen LogP contribution is -2.31. The summed E-state index contributed by atoms with van der Waals surface area (Å²) in [5.74, 6) is 1.16. The smallest absolute Gasteiger partial charge is 0.354 e. The first-order valence-corrected chi connectivity index (χ1v) is 7.41. The van der Waals surface area contributed by atoms with Crippen LogP contribution in [0.1, 0.15) is 10.5 Å². The molecule has 0 fully saturated rings. The molecule has 0 saturated heterocycles. The van der Waals surface area contributed by atoms with Gasteiger partial charge in [-0.15, -0.1) is 11.8 Å². The van der Waals surface area contributed by atoms with E-state index in [1.165, 1.54) is 18.0 Å². The number of fused-ring (bicyclic) bond motifs is 1. The molecule has 1 aromatic carbocycles. The van der Waals surface area contributed by atoms with E-state index in [0.717, 1.165) is 16.4 Å². The van der Waals surface area contributed by atoms with E-state index in [-0.39, 0.29) is 11.8 Å². The van der Waals surface area contributed by atoms with Crippen molar-refractivity contribution in [1.29, 1.82) is 0 Å². The number of ether oxygens (including phenoxy) is 2. The molecule has 1 aromatic heterocycles. The third kappa shape index (κ3) is 3.28. The lowest BCUT2D eigenvalue weighted by atomic mass is 10.3. The van der Waals surface area contributed by atoms with E-state index in [0.29, 0.717) is 12.4 Å². The van der Waals surface area contributed by atoms with Gasteiger partial charge in [-0.05, 0) is 24.3 Å². The quantitative estimate of drug-likeness (QED) is 0.876. The number of carbonyl (C=O) groups is 1. The van der Waals surface area contributed by atoms with Crippen molar-refractivity contribution in [2.24, 2.45) is 0 Å². The molecule has 1 aliphatic rings. The fraction of sp³-hybridized carbons (Fsp3) is 0.200. The second-order valence-corrected chi connectivity index (χ2v) is 5.58. The average Bonchev–Trinajstić information content (AvgIpc) is 2.53. The summed E-state index contributed by atoms with van der Waals surface area (Å²) in [6.07, 6.45) is 1.44. The number of nitrogens with zero attached hydrogens (tertiary/aromatic N) is 1. The molecule has 0 amide bonds. The molecule has 0 radical (unpaired) electrons. The lowest BCUT2D eigenvalue weighted by molar-refractivity contribution is 0.0690. The van der Waals surface area contributed by atoms with E-state index < -0.39 is 5.97 Å². The number of aromatic carboxylic acids is 1. The van der Waals surface area contributed by atoms with E-state index >= 15 is 0 Å². The Morgan fingerprint density at radius 1 is 1.33 bits per heavy atom. The van der Waals surface area contributed by atoms with Crippen LogP contribution in [-0.2, 0) is 0 Å². The highest BCUT2D eigenvalue weighted by atomic mass is 32.2. The van der Waals surface area contributed by atoms with Crippen LogP contribution < -0.4 is 9.47 Å². The second-order valence-electron chi connectivity index (χ2n) is 4.49. The molecule has 2 heterocycles. The van der Waals surface area contributed by atoms with E-state index in [9.17, 15) is 4.79 Å². The molecule has 1 atom stereocenters. The third-order valence-electron chi connectivity index (χ3n) is 2.95. The minimum atomic E-state index is -1.02. The number of carboxylic acid groups (broad SMARTS) is 1. The van der Waals surface area contributed by atoms with Crippen molar-refractivity contribution in [3.8, 4) is 11.5 Å². The Balaban J connectivity index is 1.61. The topological polar surface area (TPSA) is 68.7 Å². The number of carboxylic acids is 1. The van der Waals surface area contributed by atoms with Crippen LogP contribution >= 0.6 is 11.8 Å². The Hall–Kier alpha value is -2.21. The molecule has 108 valence electrons. The van der Waals surface area contributed by atoms with E-state index in [1.54, 1.807) is 12.1 Å². The summed E-state index contributed by atoms with van der Waals surface area (Å²) in [4.78, 5) is 15.5. The molecule has 0 spiro atoms. The summed E-state index contributed by atoms with van der Waals surface area (Å²) in [5.41, 5.74) is 0.0474. The summed E-state index contributed by atoms with van der Waals surface area (Å²) >= 11 is 1.52. The van der Waals surface area contributed by atoms with Gasteiger partial charge in [0.25, 0.3) is 0 Å². The molecule has 0 aliphatic carbocycles. The van der Waals surface area contributed by atoms with E-state index in [4.69, 9.17) is 14.6 Å². The second kappa shape index (κ2) is 6.05. The van der Waals surface area contributed by atoms with Gasteiger partial charge in [-0.1, -0.05) is 12.1 Å². The molecule has 1 N–H and O–H groups in total. The minimum Gasteiger partial charge on any atom is -0.486 e. The maximum atomic E-state index is 10.9. The Morgan fingerprint density at radius 2 is 2.14 bits per heavy atom. The van der Waals surface area contributed by atoms with Crippen molar-refractivity contribution in [2.45, 2.75) is 11.0 Å². The first kappa shape index (κ1) is 13.8. The summed E-state index contributed by atoms with van der Waals surface area (Å²) in [5, 5.41) is 8.92. The number of benzene rings is 1. The monoisotopic (exact) mass is 303 g/mol. The minimum absolute atomic E-state index is 0.0474. The van der Waals surface area contributed by atoms with Crippen LogP contribution in [0.4, 0.5) is 0 Å². The number of pyridine rings is 1. The normalized spacial score (nSPS) is 16.5.